The predicted octanol–water partition coefficient (Wildman–Crippen LogP) is 2.80. The Bertz CT molecular complexity index is 537. The number of nitrogens with zero attached hydrogens (tertiary/aromatic N) is 3. The number of aromatic nitrogens is 3. The summed E-state index contributed by atoms with van der Waals surface area (Å²) in [5.41, 5.74) is 2.01. The van der Waals surface area contributed by atoms with Crippen molar-refractivity contribution < 1.29 is 4.74 Å². The summed E-state index contributed by atoms with van der Waals surface area (Å²) in [5.74, 6) is 1.57. The summed E-state index contributed by atoms with van der Waals surface area (Å²) in [6.07, 6.45) is 0.761. The second-order valence-corrected chi connectivity index (χ2v) is 4.09. The molecule has 1 aromatic carbocycles. The van der Waals surface area contributed by atoms with Crippen molar-refractivity contribution in [2.45, 2.75) is 20.3 Å². The number of rotatable bonds is 3. The molecule has 0 amide bonds. The Morgan fingerprint density at radius 3 is 2.76 bits per heavy atom. The number of benzene rings is 1. The molecular weight excluding hydrogens is 238 g/mol. The van der Waals surface area contributed by atoms with Crippen molar-refractivity contribution in [2.75, 3.05) is 7.11 Å². The van der Waals surface area contributed by atoms with Gasteiger partial charge in [0.1, 0.15) is 11.6 Å². The van der Waals surface area contributed by atoms with Crippen molar-refractivity contribution in [1.29, 1.82) is 0 Å². The average Bonchev–Trinajstić information content (AvgIpc) is 2.70. The summed E-state index contributed by atoms with van der Waals surface area (Å²) >= 11 is 6.07. The third-order valence-corrected chi connectivity index (χ3v) is 2.83. The lowest BCUT2D eigenvalue weighted by molar-refractivity contribution is 0.412. The van der Waals surface area contributed by atoms with Crippen molar-refractivity contribution in [2.24, 2.45) is 0 Å². The predicted molar refractivity (Wildman–Crippen MR) is 67.0 cm³/mol. The fourth-order valence-electron chi connectivity index (χ4n) is 1.74. The number of hydrogen-bond donors (Lipinski definition) is 0. The van der Waals surface area contributed by atoms with Crippen LogP contribution in [0.2, 0.25) is 5.28 Å². The summed E-state index contributed by atoms with van der Waals surface area (Å²) < 4.78 is 7.16. The molecule has 2 aromatic rings. The average molecular weight is 252 g/mol. The Hall–Kier alpha value is -1.55. The van der Waals surface area contributed by atoms with Crippen molar-refractivity contribution in [3.63, 3.8) is 0 Å². The van der Waals surface area contributed by atoms with Gasteiger partial charge in [-0.25, -0.2) is 0 Å². The first-order valence-electron chi connectivity index (χ1n) is 5.42. The molecule has 0 aliphatic heterocycles. The van der Waals surface area contributed by atoms with E-state index in [1.165, 1.54) is 0 Å². The van der Waals surface area contributed by atoms with Crippen LogP contribution in [0.15, 0.2) is 18.2 Å². The topological polar surface area (TPSA) is 39.9 Å². The van der Waals surface area contributed by atoms with E-state index in [-0.39, 0.29) is 0 Å². The van der Waals surface area contributed by atoms with Crippen molar-refractivity contribution in [3.05, 3.63) is 34.9 Å². The van der Waals surface area contributed by atoms with Crippen LogP contribution < -0.4 is 4.74 Å². The van der Waals surface area contributed by atoms with E-state index in [0.717, 1.165) is 29.2 Å². The van der Waals surface area contributed by atoms with E-state index in [1.807, 2.05) is 36.6 Å². The van der Waals surface area contributed by atoms with Gasteiger partial charge in [0.15, 0.2) is 0 Å². The van der Waals surface area contributed by atoms with E-state index in [1.54, 1.807) is 7.11 Å². The maximum absolute atomic E-state index is 6.07. The standard InChI is InChI=1S/C12H14ClN3O/c1-4-11-14-15-12(13)16(11)9-7-8(2)5-6-10(9)17-3/h5-7H,4H2,1-3H3. The van der Waals surface area contributed by atoms with Crippen LogP contribution in [0.1, 0.15) is 18.3 Å². The molecule has 0 saturated carbocycles. The molecule has 0 aliphatic rings. The van der Waals surface area contributed by atoms with E-state index in [9.17, 15) is 0 Å². The van der Waals surface area contributed by atoms with Gasteiger partial charge < -0.3 is 4.74 Å². The highest BCUT2D eigenvalue weighted by Gasteiger charge is 2.14. The third kappa shape index (κ3) is 2.13. The fourth-order valence-corrected chi connectivity index (χ4v) is 1.96. The molecule has 2 rings (SSSR count). The molecule has 0 aliphatic carbocycles. The number of halogens is 1. The van der Waals surface area contributed by atoms with Crippen LogP contribution in [-0.2, 0) is 6.42 Å². The SMILES string of the molecule is CCc1nnc(Cl)n1-c1cc(C)ccc1OC. The van der Waals surface area contributed by atoms with Gasteiger partial charge in [-0.2, -0.15) is 0 Å². The van der Waals surface area contributed by atoms with E-state index >= 15 is 0 Å². The minimum absolute atomic E-state index is 0.353. The van der Waals surface area contributed by atoms with Crippen molar-refractivity contribution in [1.82, 2.24) is 14.8 Å². The zero-order valence-corrected chi connectivity index (χ0v) is 10.8. The Morgan fingerprint density at radius 2 is 2.12 bits per heavy atom. The van der Waals surface area contributed by atoms with Crippen LogP contribution in [-0.4, -0.2) is 21.9 Å². The summed E-state index contributed by atoms with van der Waals surface area (Å²) in [5, 5.41) is 8.29. The molecule has 0 saturated heterocycles. The smallest absolute Gasteiger partial charge is 0.229 e. The first kappa shape index (κ1) is 11.9. The van der Waals surface area contributed by atoms with Crippen molar-refractivity contribution in [3.8, 4) is 11.4 Å². The molecule has 0 N–H and O–H groups in total. The van der Waals surface area contributed by atoms with Crippen LogP contribution >= 0.6 is 11.6 Å². The number of ether oxygens (including phenoxy) is 1. The van der Waals surface area contributed by atoms with E-state index < -0.39 is 0 Å². The minimum atomic E-state index is 0.353. The van der Waals surface area contributed by atoms with Gasteiger partial charge in [-0.1, -0.05) is 13.0 Å². The Kier molecular flexibility index (Phi) is 3.33. The molecule has 0 unspecified atom stereocenters. The lowest BCUT2D eigenvalue weighted by Crippen LogP contribution is -2.03. The van der Waals surface area contributed by atoms with Gasteiger partial charge in [-0.15, -0.1) is 10.2 Å². The highest BCUT2D eigenvalue weighted by atomic mass is 35.5. The van der Waals surface area contributed by atoms with Crippen molar-refractivity contribution >= 4 is 11.6 Å². The molecule has 90 valence electrons. The maximum Gasteiger partial charge on any atom is 0.229 e. The molecule has 1 heterocycles. The summed E-state index contributed by atoms with van der Waals surface area (Å²) in [6, 6.07) is 5.92. The molecule has 0 fully saturated rings. The molecular formula is C12H14ClN3O. The zero-order chi connectivity index (χ0) is 12.4. The lowest BCUT2D eigenvalue weighted by Gasteiger charge is -2.12. The number of methoxy groups -OCH3 is 1. The third-order valence-electron chi connectivity index (χ3n) is 2.58. The summed E-state index contributed by atoms with van der Waals surface area (Å²) in [4.78, 5) is 0. The first-order chi connectivity index (χ1) is 8.17. The van der Waals surface area contributed by atoms with Crippen LogP contribution in [0.4, 0.5) is 0 Å². The summed E-state index contributed by atoms with van der Waals surface area (Å²) in [7, 11) is 1.64. The first-order valence-corrected chi connectivity index (χ1v) is 5.80. The molecule has 0 spiro atoms. The second-order valence-electron chi connectivity index (χ2n) is 3.75. The van der Waals surface area contributed by atoms with Gasteiger partial charge in [-0.05, 0) is 36.2 Å². The van der Waals surface area contributed by atoms with Crippen LogP contribution in [0.25, 0.3) is 5.69 Å². The largest absolute Gasteiger partial charge is 0.495 e. The van der Waals surface area contributed by atoms with E-state index in [0.29, 0.717) is 5.28 Å². The zero-order valence-electron chi connectivity index (χ0n) is 10.1. The monoisotopic (exact) mass is 251 g/mol. The van der Waals surface area contributed by atoms with Gasteiger partial charge in [0.2, 0.25) is 5.28 Å². The van der Waals surface area contributed by atoms with Gasteiger partial charge in [-0.3, -0.25) is 4.57 Å². The lowest BCUT2D eigenvalue weighted by atomic mass is 10.2. The maximum atomic E-state index is 6.07. The van der Waals surface area contributed by atoms with Crippen LogP contribution in [0, 0.1) is 6.92 Å². The van der Waals surface area contributed by atoms with E-state index in [4.69, 9.17) is 16.3 Å². The second kappa shape index (κ2) is 4.75. The highest BCUT2D eigenvalue weighted by Crippen LogP contribution is 2.27. The van der Waals surface area contributed by atoms with Gasteiger partial charge in [0.25, 0.3) is 0 Å². The Labute approximate surface area is 105 Å². The molecule has 17 heavy (non-hydrogen) atoms. The molecule has 0 atom stereocenters. The molecule has 5 heteroatoms. The van der Waals surface area contributed by atoms with Crippen LogP contribution in [0.3, 0.4) is 0 Å². The minimum Gasteiger partial charge on any atom is -0.495 e. The highest BCUT2D eigenvalue weighted by molar-refractivity contribution is 6.28. The Morgan fingerprint density at radius 1 is 1.35 bits per heavy atom. The number of aryl methyl sites for hydroxylation is 2. The Balaban J connectivity index is 2.66. The number of hydrogen-bond acceptors (Lipinski definition) is 3. The quantitative estimate of drug-likeness (QED) is 0.842. The fraction of sp³-hybridized carbons (Fsp3) is 0.333. The molecule has 1 aromatic heterocycles. The van der Waals surface area contributed by atoms with Crippen LogP contribution in [0.5, 0.6) is 5.75 Å². The molecule has 0 bridgehead atoms. The van der Waals surface area contributed by atoms with Gasteiger partial charge in [0.05, 0.1) is 12.8 Å². The normalized spacial score (nSPS) is 10.6. The van der Waals surface area contributed by atoms with E-state index in [2.05, 4.69) is 10.2 Å². The summed E-state index contributed by atoms with van der Waals surface area (Å²) in [6.45, 7) is 4.03. The van der Waals surface area contributed by atoms with Gasteiger partial charge >= 0.3 is 0 Å². The molecule has 0 radical (unpaired) electrons. The molecule has 4 nitrogen and oxygen atoms in total. The van der Waals surface area contributed by atoms with Gasteiger partial charge in [0, 0.05) is 6.42 Å².